The number of likely N-dealkylation sites (tertiary alicyclic amines) is 1. The van der Waals surface area contributed by atoms with E-state index in [0.29, 0.717) is 5.92 Å². The monoisotopic (exact) mass is 262 g/mol. The van der Waals surface area contributed by atoms with Gasteiger partial charge in [-0.15, -0.1) is 0 Å². The molecule has 1 aliphatic heterocycles. The SMILES string of the molecule is CCOc1ccccc1C1CCN(CCCN)CC1. The summed E-state index contributed by atoms with van der Waals surface area (Å²) < 4.78 is 5.75. The predicted octanol–water partition coefficient (Wildman–Crippen LogP) is 2.61. The zero-order chi connectivity index (χ0) is 13.5. The van der Waals surface area contributed by atoms with Crippen molar-refractivity contribution in [1.82, 2.24) is 4.90 Å². The van der Waals surface area contributed by atoms with Crippen LogP contribution in [0.3, 0.4) is 0 Å². The molecule has 3 heteroatoms. The van der Waals surface area contributed by atoms with E-state index in [1.165, 1.54) is 31.5 Å². The van der Waals surface area contributed by atoms with Crippen LogP contribution in [0.15, 0.2) is 24.3 Å². The first-order valence-electron chi connectivity index (χ1n) is 7.49. The molecule has 0 aromatic heterocycles. The number of nitrogens with two attached hydrogens (primary N) is 1. The lowest BCUT2D eigenvalue weighted by Gasteiger charge is -2.32. The third-order valence-electron chi connectivity index (χ3n) is 3.92. The van der Waals surface area contributed by atoms with Crippen LogP contribution in [0.2, 0.25) is 0 Å². The van der Waals surface area contributed by atoms with Crippen LogP contribution in [0.4, 0.5) is 0 Å². The van der Waals surface area contributed by atoms with Gasteiger partial charge in [-0.3, -0.25) is 0 Å². The maximum Gasteiger partial charge on any atom is 0.122 e. The summed E-state index contributed by atoms with van der Waals surface area (Å²) in [5.74, 6) is 1.72. The summed E-state index contributed by atoms with van der Waals surface area (Å²) in [5, 5.41) is 0. The molecule has 1 heterocycles. The van der Waals surface area contributed by atoms with E-state index in [9.17, 15) is 0 Å². The van der Waals surface area contributed by atoms with Crippen LogP contribution >= 0.6 is 0 Å². The molecule has 0 aliphatic carbocycles. The predicted molar refractivity (Wildman–Crippen MR) is 79.7 cm³/mol. The normalized spacial score (nSPS) is 17.6. The summed E-state index contributed by atoms with van der Waals surface area (Å²) >= 11 is 0. The van der Waals surface area contributed by atoms with Gasteiger partial charge in [-0.2, -0.15) is 0 Å². The average molecular weight is 262 g/mol. The largest absolute Gasteiger partial charge is 0.494 e. The molecule has 1 fully saturated rings. The minimum absolute atomic E-state index is 0.650. The highest BCUT2D eigenvalue weighted by Gasteiger charge is 2.22. The van der Waals surface area contributed by atoms with E-state index in [1.807, 2.05) is 6.92 Å². The fourth-order valence-electron chi connectivity index (χ4n) is 2.89. The zero-order valence-electron chi connectivity index (χ0n) is 12.0. The smallest absolute Gasteiger partial charge is 0.122 e. The molecular weight excluding hydrogens is 236 g/mol. The van der Waals surface area contributed by atoms with E-state index in [1.54, 1.807) is 0 Å². The summed E-state index contributed by atoms with van der Waals surface area (Å²) in [4.78, 5) is 2.53. The molecule has 1 aromatic carbocycles. The van der Waals surface area contributed by atoms with E-state index in [0.717, 1.165) is 31.9 Å². The number of nitrogens with zero attached hydrogens (tertiary/aromatic N) is 1. The van der Waals surface area contributed by atoms with E-state index in [2.05, 4.69) is 29.2 Å². The number of piperidine rings is 1. The Labute approximate surface area is 116 Å². The van der Waals surface area contributed by atoms with Gasteiger partial charge in [0.1, 0.15) is 5.75 Å². The van der Waals surface area contributed by atoms with Crippen LogP contribution in [-0.4, -0.2) is 37.7 Å². The van der Waals surface area contributed by atoms with Gasteiger partial charge in [0, 0.05) is 0 Å². The molecule has 0 spiro atoms. The minimum atomic E-state index is 0.650. The lowest BCUT2D eigenvalue weighted by molar-refractivity contribution is 0.209. The van der Waals surface area contributed by atoms with Crippen molar-refractivity contribution in [2.75, 3.05) is 32.8 Å². The standard InChI is InChI=1S/C16H26N2O/c1-2-19-16-7-4-3-6-15(16)14-8-12-18(13-9-14)11-5-10-17/h3-4,6-7,14H,2,5,8-13,17H2,1H3. The van der Waals surface area contributed by atoms with Crippen LogP contribution in [0, 0.1) is 0 Å². The molecule has 3 nitrogen and oxygen atoms in total. The zero-order valence-corrected chi connectivity index (χ0v) is 12.0. The minimum Gasteiger partial charge on any atom is -0.494 e. The second-order valence-electron chi connectivity index (χ2n) is 5.23. The van der Waals surface area contributed by atoms with Crippen molar-refractivity contribution in [3.05, 3.63) is 29.8 Å². The second-order valence-corrected chi connectivity index (χ2v) is 5.23. The Bertz CT molecular complexity index is 373. The fraction of sp³-hybridized carbons (Fsp3) is 0.625. The number of ether oxygens (including phenoxy) is 1. The molecule has 1 saturated heterocycles. The maximum atomic E-state index is 5.75. The quantitative estimate of drug-likeness (QED) is 0.856. The Hall–Kier alpha value is -1.06. The number of hydrogen-bond donors (Lipinski definition) is 1. The van der Waals surface area contributed by atoms with Crippen LogP contribution in [0.1, 0.15) is 37.7 Å². The van der Waals surface area contributed by atoms with Crippen molar-refractivity contribution in [2.24, 2.45) is 5.73 Å². The van der Waals surface area contributed by atoms with Gasteiger partial charge in [0.25, 0.3) is 0 Å². The lowest BCUT2D eigenvalue weighted by atomic mass is 9.89. The van der Waals surface area contributed by atoms with E-state index in [4.69, 9.17) is 10.5 Å². The molecule has 2 N–H and O–H groups in total. The summed E-state index contributed by atoms with van der Waals surface area (Å²) in [6.45, 7) is 7.11. The number of rotatable bonds is 6. The molecule has 2 rings (SSSR count). The Kier molecular flexibility index (Phi) is 5.67. The summed E-state index contributed by atoms with van der Waals surface area (Å²) in [6.07, 6.45) is 3.57. The van der Waals surface area contributed by atoms with Crippen LogP contribution in [0.25, 0.3) is 0 Å². The van der Waals surface area contributed by atoms with Gasteiger partial charge in [-0.25, -0.2) is 0 Å². The van der Waals surface area contributed by atoms with Crippen LogP contribution in [-0.2, 0) is 0 Å². The molecule has 0 saturated carbocycles. The Balaban J connectivity index is 1.93. The first kappa shape index (κ1) is 14.4. The van der Waals surface area contributed by atoms with Gasteiger partial charge >= 0.3 is 0 Å². The van der Waals surface area contributed by atoms with Crippen LogP contribution < -0.4 is 10.5 Å². The number of benzene rings is 1. The van der Waals surface area contributed by atoms with Crippen molar-refractivity contribution in [3.8, 4) is 5.75 Å². The van der Waals surface area contributed by atoms with Crippen LogP contribution in [0.5, 0.6) is 5.75 Å². The van der Waals surface area contributed by atoms with Crippen molar-refractivity contribution >= 4 is 0 Å². The summed E-state index contributed by atoms with van der Waals surface area (Å²) in [7, 11) is 0. The van der Waals surface area contributed by atoms with E-state index in [-0.39, 0.29) is 0 Å². The van der Waals surface area contributed by atoms with Gasteiger partial charge < -0.3 is 15.4 Å². The first-order valence-corrected chi connectivity index (χ1v) is 7.49. The Morgan fingerprint density at radius 2 is 2.00 bits per heavy atom. The van der Waals surface area contributed by atoms with Gasteiger partial charge in [-0.05, 0) is 69.9 Å². The molecule has 19 heavy (non-hydrogen) atoms. The van der Waals surface area contributed by atoms with Gasteiger partial charge in [-0.1, -0.05) is 18.2 Å². The molecule has 1 aromatic rings. The maximum absolute atomic E-state index is 5.75. The summed E-state index contributed by atoms with van der Waals surface area (Å²) in [5.41, 5.74) is 6.97. The highest BCUT2D eigenvalue weighted by molar-refractivity contribution is 5.36. The molecular formula is C16H26N2O. The molecule has 0 radical (unpaired) electrons. The highest BCUT2D eigenvalue weighted by atomic mass is 16.5. The molecule has 1 aliphatic rings. The van der Waals surface area contributed by atoms with E-state index >= 15 is 0 Å². The van der Waals surface area contributed by atoms with Crippen molar-refractivity contribution in [3.63, 3.8) is 0 Å². The lowest BCUT2D eigenvalue weighted by Crippen LogP contribution is -2.34. The highest BCUT2D eigenvalue weighted by Crippen LogP contribution is 2.34. The summed E-state index contributed by atoms with van der Waals surface area (Å²) in [6, 6.07) is 8.51. The van der Waals surface area contributed by atoms with Crippen molar-refractivity contribution in [1.29, 1.82) is 0 Å². The molecule has 0 atom stereocenters. The second kappa shape index (κ2) is 7.51. The number of para-hydroxylation sites is 1. The van der Waals surface area contributed by atoms with Crippen molar-refractivity contribution in [2.45, 2.75) is 32.1 Å². The van der Waals surface area contributed by atoms with Crippen molar-refractivity contribution < 1.29 is 4.74 Å². The molecule has 0 amide bonds. The van der Waals surface area contributed by atoms with E-state index < -0.39 is 0 Å². The Morgan fingerprint density at radius 1 is 1.26 bits per heavy atom. The number of hydrogen-bond acceptors (Lipinski definition) is 3. The third-order valence-corrected chi connectivity index (χ3v) is 3.92. The van der Waals surface area contributed by atoms with Gasteiger partial charge in [0.15, 0.2) is 0 Å². The topological polar surface area (TPSA) is 38.5 Å². The first-order chi connectivity index (χ1) is 9.35. The van der Waals surface area contributed by atoms with Gasteiger partial charge in [0.2, 0.25) is 0 Å². The third kappa shape index (κ3) is 3.95. The Morgan fingerprint density at radius 3 is 2.68 bits per heavy atom. The average Bonchev–Trinajstić information content (AvgIpc) is 2.47. The van der Waals surface area contributed by atoms with Gasteiger partial charge in [0.05, 0.1) is 6.61 Å². The molecule has 0 unspecified atom stereocenters. The molecule has 0 bridgehead atoms. The molecule has 106 valence electrons. The fourth-order valence-corrected chi connectivity index (χ4v) is 2.89.